The molecule has 0 radical (unpaired) electrons. The predicted octanol–water partition coefficient (Wildman–Crippen LogP) is 1.81. The number of amides is 1. The molecule has 0 bridgehead atoms. The molecule has 0 fully saturated rings. The number of hydrogen-bond donors (Lipinski definition) is 4. The number of ketones is 1. The van der Waals surface area contributed by atoms with Crippen LogP contribution in [0.5, 0.6) is 5.88 Å². The molecular weight excluding hydrogens is 344 g/mol. The monoisotopic (exact) mass is 362 g/mol. The highest BCUT2D eigenvalue weighted by atomic mass is 16.3. The Bertz CT molecular complexity index is 1100. The van der Waals surface area contributed by atoms with Gasteiger partial charge in [0, 0.05) is 29.6 Å². The van der Waals surface area contributed by atoms with Crippen LogP contribution >= 0.6 is 0 Å². The van der Waals surface area contributed by atoms with Crippen LogP contribution < -0.4 is 11.1 Å². The van der Waals surface area contributed by atoms with Crippen molar-refractivity contribution in [1.29, 1.82) is 0 Å². The predicted molar refractivity (Wildman–Crippen MR) is 103 cm³/mol. The number of aromatic nitrogens is 1. The lowest BCUT2D eigenvalue weighted by molar-refractivity contribution is -0.120. The zero-order valence-electron chi connectivity index (χ0n) is 14.5. The maximum atomic E-state index is 12.7. The molecule has 0 spiro atoms. The highest BCUT2D eigenvalue weighted by Gasteiger charge is 2.29. The van der Waals surface area contributed by atoms with Gasteiger partial charge in [0.25, 0.3) is 0 Å². The van der Waals surface area contributed by atoms with E-state index in [0.29, 0.717) is 40.8 Å². The molecule has 1 aliphatic heterocycles. The third-order valence-electron chi connectivity index (χ3n) is 4.51. The van der Waals surface area contributed by atoms with E-state index in [1.807, 2.05) is 6.07 Å². The number of carbonyl (C=O) groups is 2. The number of aromatic amines is 1. The van der Waals surface area contributed by atoms with E-state index in [1.165, 1.54) is 0 Å². The molecule has 1 aliphatic rings. The van der Waals surface area contributed by atoms with E-state index in [2.05, 4.69) is 15.3 Å². The van der Waals surface area contributed by atoms with E-state index >= 15 is 0 Å². The second-order valence-electron chi connectivity index (χ2n) is 6.35. The molecule has 7 heteroatoms. The van der Waals surface area contributed by atoms with Gasteiger partial charge >= 0.3 is 0 Å². The van der Waals surface area contributed by atoms with Crippen LogP contribution in [0.4, 0.5) is 5.69 Å². The van der Waals surface area contributed by atoms with E-state index in [0.717, 1.165) is 5.56 Å². The zero-order valence-corrected chi connectivity index (χ0v) is 14.5. The van der Waals surface area contributed by atoms with Crippen molar-refractivity contribution in [1.82, 2.24) is 10.3 Å². The molecule has 0 unspecified atom stereocenters. The normalized spacial score (nSPS) is 12.9. The smallest absolute Gasteiger partial charge is 0.224 e. The maximum Gasteiger partial charge on any atom is 0.224 e. The topological polar surface area (TPSA) is 121 Å². The third kappa shape index (κ3) is 2.98. The Balaban J connectivity index is 1.74. The SMILES string of the molecule is NCCNC(=O)Cc1ccc2[nH]c(O)c(C3=Nc4ccccc4C3=O)c2c1. The van der Waals surface area contributed by atoms with E-state index in [4.69, 9.17) is 5.73 Å². The number of nitrogens with two attached hydrogens (primary N) is 1. The van der Waals surface area contributed by atoms with Crippen molar-refractivity contribution < 1.29 is 14.7 Å². The Morgan fingerprint density at radius 1 is 1.22 bits per heavy atom. The quantitative estimate of drug-likeness (QED) is 0.553. The van der Waals surface area contributed by atoms with Crippen LogP contribution in [-0.4, -0.2) is 40.6 Å². The van der Waals surface area contributed by atoms with Gasteiger partial charge in [0.05, 0.1) is 17.7 Å². The van der Waals surface area contributed by atoms with Crippen LogP contribution in [0.15, 0.2) is 47.5 Å². The minimum Gasteiger partial charge on any atom is -0.494 e. The fourth-order valence-electron chi connectivity index (χ4n) is 3.27. The third-order valence-corrected chi connectivity index (χ3v) is 4.51. The number of benzene rings is 2. The van der Waals surface area contributed by atoms with Gasteiger partial charge in [0.2, 0.25) is 11.7 Å². The molecule has 3 aromatic rings. The van der Waals surface area contributed by atoms with E-state index in [1.54, 1.807) is 36.4 Å². The summed E-state index contributed by atoms with van der Waals surface area (Å²) in [7, 11) is 0. The average Bonchev–Trinajstić information content (AvgIpc) is 3.16. The average molecular weight is 362 g/mol. The first kappa shape index (κ1) is 17.0. The summed E-state index contributed by atoms with van der Waals surface area (Å²) in [4.78, 5) is 32.0. The zero-order chi connectivity index (χ0) is 19.0. The van der Waals surface area contributed by atoms with Gasteiger partial charge in [-0.3, -0.25) is 9.59 Å². The first-order chi connectivity index (χ1) is 13.1. The van der Waals surface area contributed by atoms with Gasteiger partial charge in [-0.1, -0.05) is 18.2 Å². The molecule has 7 nitrogen and oxygen atoms in total. The minimum absolute atomic E-state index is 0.116. The molecule has 27 heavy (non-hydrogen) atoms. The number of carbonyl (C=O) groups excluding carboxylic acids is 2. The summed E-state index contributed by atoms with van der Waals surface area (Å²) >= 11 is 0. The number of nitrogens with zero attached hydrogens (tertiary/aromatic N) is 1. The number of fused-ring (bicyclic) bond motifs is 2. The summed E-state index contributed by atoms with van der Waals surface area (Å²) in [6, 6.07) is 12.4. The van der Waals surface area contributed by atoms with Crippen LogP contribution in [-0.2, 0) is 11.2 Å². The second-order valence-corrected chi connectivity index (χ2v) is 6.35. The summed E-state index contributed by atoms with van der Waals surface area (Å²) in [6.45, 7) is 0.796. The molecule has 0 saturated heterocycles. The Kier molecular flexibility index (Phi) is 4.21. The van der Waals surface area contributed by atoms with Crippen LogP contribution in [0.1, 0.15) is 21.5 Å². The molecule has 0 atom stereocenters. The molecule has 2 heterocycles. The molecule has 4 rings (SSSR count). The standard InChI is InChI=1S/C20H18N4O3/c21-7-8-22-16(25)10-11-5-6-15-13(9-11)17(20(27)24-15)18-19(26)12-3-1-2-4-14(12)23-18/h1-6,9,24,27H,7-8,10,21H2,(H,22,25). The number of rotatable bonds is 5. The first-order valence-electron chi connectivity index (χ1n) is 8.61. The lowest BCUT2D eigenvalue weighted by atomic mass is 10.00. The van der Waals surface area contributed by atoms with Crippen LogP contribution in [0.25, 0.3) is 10.9 Å². The Labute approximate surface area is 154 Å². The number of Topliss-reactive ketones (excluding diaryl/α,β-unsaturated/α-hetero) is 1. The summed E-state index contributed by atoms with van der Waals surface area (Å²) in [5.41, 5.74) is 8.48. The Morgan fingerprint density at radius 2 is 2.04 bits per heavy atom. The molecule has 1 amide bonds. The van der Waals surface area contributed by atoms with Gasteiger partial charge in [0.15, 0.2) is 5.88 Å². The van der Waals surface area contributed by atoms with Gasteiger partial charge in [-0.15, -0.1) is 0 Å². The van der Waals surface area contributed by atoms with Crippen LogP contribution in [0.3, 0.4) is 0 Å². The second kappa shape index (κ2) is 6.69. The van der Waals surface area contributed by atoms with Crippen molar-refractivity contribution in [3.05, 3.63) is 59.2 Å². The lowest BCUT2D eigenvalue weighted by Crippen LogP contribution is -2.30. The maximum absolute atomic E-state index is 12.7. The number of para-hydroxylation sites is 1. The molecule has 0 aliphatic carbocycles. The Morgan fingerprint density at radius 3 is 2.81 bits per heavy atom. The summed E-state index contributed by atoms with van der Waals surface area (Å²) < 4.78 is 0. The summed E-state index contributed by atoms with van der Waals surface area (Å²) in [5.74, 6) is -0.481. The molecular formula is C20H18N4O3. The first-order valence-corrected chi connectivity index (χ1v) is 8.61. The van der Waals surface area contributed by atoms with Crippen molar-refractivity contribution >= 4 is 34.0 Å². The Hall–Kier alpha value is -3.45. The van der Waals surface area contributed by atoms with Crippen molar-refractivity contribution in [3.8, 4) is 5.88 Å². The van der Waals surface area contributed by atoms with Gasteiger partial charge in [-0.2, -0.15) is 0 Å². The summed E-state index contributed by atoms with van der Waals surface area (Å²) in [6.07, 6.45) is 0.183. The van der Waals surface area contributed by atoms with Gasteiger partial charge in [0.1, 0.15) is 5.71 Å². The van der Waals surface area contributed by atoms with Crippen molar-refractivity contribution in [2.75, 3.05) is 13.1 Å². The molecule has 1 aromatic heterocycles. The van der Waals surface area contributed by atoms with E-state index < -0.39 is 0 Å². The number of aromatic hydroxyl groups is 1. The molecule has 2 aromatic carbocycles. The highest BCUT2D eigenvalue weighted by molar-refractivity contribution is 6.56. The highest BCUT2D eigenvalue weighted by Crippen LogP contribution is 2.35. The number of aliphatic imine (C=N–C) groups is 1. The van der Waals surface area contributed by atoms with Gasteiger partial charge in [-0.25, -0.2) is 4.99 Å². The minimum atomic E-state index is -0.229. The largest absolute Gasteiger partial charge is 0.494 e. The molecule has 136 valence electrons. The fourth-order valence-corrected chi connectivity index (χ4v) is 3.27. The van der Waals surface area contributed by atoms with Crippen LogP contribution in [0.2, 0.25) is 0 Å². The number of hydrogen-bond acceptors (Lipinski definition) is 5. The van der Waals surface area contributed by atoms with Crippen molar-refractivity contribution in [2.24, 2.45) is 10.7 Å². The number of nitrogens with one attached hydrogen (secondary N) is 2. The van der Waals surface area contributed by atoms with Crippen molar-refractivity contribution in [2.45, 2.75) is 6.42 Å². The molecule has 0 saturated carbocycles. The number of H-pyrrole nitrogens is 1. The van der Waals surface area contributed by atoms with Crippen LogP contribution in [0, 0.1) is 0 Å². The van der Waals surface area contributed by atoms with E-state index in [9.17, 15) is 14.7 Å². The lowest BCUT2D eigenvalue weighted by Gasteiger charge is -2.05. The van der Waals surface area contributed by atoms with E-state index in [-0.39, 0.29) is 29.7 Å². The molecule has 5 N–H and O–H groups in total. The summed E-state index contributed by atoms with van der Waals surface area (Å²) in [5, 5.41) is 13.8. The van der Waals surface area contributed by atoms with Gasteiger partial charge < -0.3 is 21.1 Å². The van der Waals surface area contributed by atoms with Gasteiger partial charge in [-0.05, 0) is 29.8 Å². The fraction of sp³-hybridized carbons (Fsp3) is 0.150. The van der Waals surface area contributed by atoms with Crippen molar-refractivity contribution in [3.63, 3.8) is 0 Å².